The van der Waals surface area contributed by atoms with Gasteiger partial charge < -0.3 is 15.7 Å². The van der Waals surface area contributed by atoms with Crippen LogP contribution in [0.15, 0.2) is 0 Å². The molecule has 1 unspecified atom stereocenters. The van der Waals surface area contributed by atoms with Crippen LogP contribution in [0.25, 0.3) is 0 Å². The third kappa shape index (κ3) is 3.43. The number of amides is 1. The van der Waals surface area contributed by atoms with Crippen molar-refractivity contribution in [3.63, 3.8) is 0 Å². The van der Waals surface area contributed by atoms with Crippen molar-refractivity contribution in [2.45, 2.75) is 39.2 Å². The minimum atomic E-state index is -0.824. The Hall–Kier alpha value is -1.10. The highest BCUT2D eigenvalue weighted by atomic mass is 16.4. The molecule has 0 aromatic rings. The molecular weight excluding hydrogens is 220 g/mol. The predicted octanol–water partition coefficient (Wildman–Crippen LogP) is 0.683. The Morgan fingerprint density at radius 3 is 2.59 bits per heavy atom. The van der Waals surface area contributed by atoms with Gasteiger partial charge in [0.05, 0.1) is 12.0 Å². The normalized spacial score (nSPS) is 25.9. The van der Waals surface area contributed by atoms with Gasteiger partial charge in [-0.05, 0) is 12.3 Å². The van der Waals surface area contributed by atoms with Gasteiger partial charge in [-0.25, -0.2) is 0 Å². The van der Waals surface area contributed by atoms with E-state index in [2.05, 4.69) is 6.92 Å². The SMILES string of the molecule is CCCCC(N)C(=O)N1C[C@@H](C)[C@H](C(=O)O)C1. The van der Waals surface area contributed by atoms with Crippen LogP contribution in [0.1, 0.15) is 33.1 Å². The summed E-state index contributed by atoms with van der Waals surface area (Å²) in [6.07, 6.45) is 2.62. The first-order valence-electron chi connectivity index (χ1n) is 6.24. The van der Waals surface area contributed by atoms with E-state index in [9.17, 15) is 9.59 Å². The number of rotatable bonds is 5. The van der Waals surface area contributed by atoms with Crippen LogP contribution in [0.4, 0.5) is 0 Å². The van der Waals surface area contributed by atoms with Gasteiger partial charge in [0, 0.05) is 13.1 Å². The van der Waals surface area contributed by atoms with Crippen molar-refractivity contribution in [2.75, 3.05) is 13.1 Å². The number of hydrogen-bond acceptors (Lipinski definition) is 3. The Morgan fingerprint density at radius 2 is 2.12 bits per heavy atom. The van der Waals surface area contributed by atoms with Crippen LogP contribution < -0.4 is 5.73 Å². The fraction of sp³-hybridized carbons (Fsp3) is 0.833. The van der Waals surface area contributed by atoms with E-state index in [1.54, 1.807) is 4.90 Å². The molecule has 0 bridgehead atoms. The van der Waals surface area contributed by atoms with Crippen molar-refractivity contribution in [1.82, 2.24) is 4.90 Å². The van der Waals surface area contributed by atoms with Crippen molar-refractivity contribution in [3.05, 3.63) is 0 Å². The summed E-state index contributed by atoms with van der Waals surface area (Å²) in [5.41, 5.74) is 5.81. The van der Waals surface area contributed by atoms with Crippen LogP contribution in [0, 0.1) is 11.8 Å². The molecule has 0 aromatic heterocycles. The number of carbonyl (C=O) groups excluding carboxylic acids is 1. The third-order valence-corrected chi connectivity index (χ3v) is 3.43. The Kier molecular flexibility index (Phi) is 4.93. The fourth-order valence-electron chi connectivity index (χ4n) is 2.25. The van der Waals surface area contributed by atoms with E-state index in [0.717, 1.165) is 12.8 Å². The van der Waals surface area contributed by atoms with Gasteiger partial charge in [-0.1, -0.05) is 26.7 Å². The molecule has 3 N–H and O–H groups in total. The number of nitrogens with two attached hydrogens (primary N) is 1. The van der Waals surface area contributed by atoms with E-state index in [4.69, 9.17) is 10.8 Å². The highest BCUT2D eigenvalue weighted by Crippen LogP contribution is 2.23. The van der Waals surface area contributed by atoms with Crippen LogP contribution in [0.3, 0.4) is 0 Å². The molecule has 0 radical (unpaired) electrons. The van der Waals surface area contributed by atoms with Crippen molar-refractivity contribution in [1.29, 1.82) is 0 Å². The number of carboxylic acids is 1. The molecule has 1 heterocycles. The smallest absolute Gasteiger partial charge is 0.308 e. The molecule has 3 atom stereocenters. The summed E-state index contributed by atoms with van der Waals surface area (Å²) in [6.45, 7) is 4.73. The van der Waals surface area contributed by atoms with Crippen LogP contribution in [-0.4, -0.2) is 41.0 Å². The monoisotopic (exact) mass is 242 g/mol. The number of carbonyl (C=O) groups is 2. The second-order valence-corrected chi connectivity index (χ2v) is 4.91. The molecule has 5 nitrogen and oxygen atoms in total. The lowest BCUT2D eigenvalue weighted by Gasteiger charge is -2.20. The summed E-state index contributed by atoms with van der Waals surface area (Å²) in [5, 5.41) is 8.99. The summed E-state index contributed by atoms with van der Waals surface area (Å²) < 4.78 is 0. The number of nitrogens with zero attached hydrogens (tertiary/aromatic N) is 1. The molecular formula is C12H22N2O3. The summed E-state index contributed by atoms with van der Waals surface area (Å²) in [6, 6.07) is -0.477. The first-order valence-corrected chi connectivity index (χ1v) is 6.24. The highest BCUT2D eigenvalue weighted by Gasteiger charge is 2.37. The van der Waals surface area contributed by atoms with Gasteiger partial charge in [-0.2, -0.15) is 0 Å². The average Bonchev–Trinajstić information content (AvgIpc) is 2.67. The predicted molar refractivity (Wildman–Crippen MR) is 64.4 cm³/mol. The number of hydrogen-bond donors (Lipinski definition) is 2. The summed E-state index contributed by atoms with van der Waals surface area (Å²) in [7, 11) is 0. The molecule has 0 aromatic carbocycles. The number of aliphatic carboxylic acids is 1. The number of carboxylic acid groups (broad SMARTS) is 1. The van der Waals surface area contributed by atoms with Crippen LogP contribution in [0.2, 0.25) is 0 Å². The molecule has 0 spiro atoms. The van der Waals surface area contributed by atoms with Crippen molar-refractivity contribution in [2.24, 2.45) is 17.6 Å². The van der Waals surface area contributed by atoms with Crippen molar-refractivity contribution < 1.29 is 14.7 Å². The summed E-state index contributed by atoms with van der Waals surface area (Å²) in [4.78, 5) is 24.5. The van der Waals surface area contributed by atoms with Crippen molar-refractivity contribution >= 4 is 11.9 Å². The van der Waals surface area contributed by atoms with E-state index in [1.165, 1.54) is 0 Å². The summed E-state index contributed by atoms with van der Waals surface area (Å²) >= 11 is 0. The molecule has 0 saturated carbocycles. The third-order valence-electron chi connectivity index (χ3n) is 3.43. The molecule has 1 aliphatic rings. The van der Waals surface area contributed by atoms with E-state index >= 15 is 0 Å². The topological polar surface area (TPSA) is 83.6 Å². The first-order chi connectivity index (χ1) is 7.97. The van der Waals surface area contributed by atoms with Gasteiger partial charge in [0.1, 0.15) is 0 Å². The van der Waals surface area contributed by atoms with Gasteiger partial charge in [0.25, 0.3) is 0 Å². The molecule has 1 saturated heterocycles. The number of likely N-dealkylation sites (tertiary alicyclic amines) is 1. The first kappa shape index (κ1) is 14.0. The molecule has 1 aliphatic heterocycles. The Bertz CT molecular complexity index is 293. The van der Waals surface area contributed by atoms with Gasteiger partial charge in [-0.3, -0.25) is 9.59 Å². The zero-order valence-electron chi connectivity index (χ0n) is 10.6. The van der Waals surface area contributed by atoms with Gasteiger partial charge >= 0.3 is 5.97 Å². The second kappa shape index (κ2) is 6.00. The molecule has 98 valence electrons. The quantitative estimate of drug-likeness (QED) is 0.742. The zero-order chi connectivity index (χ0) is 13.0. The maximum Gasteiger partial charge on any atom is 0.308 e. The zero-order valence-corrected chi connectivity index (χ0v) is 10.6. The van der Waals surface area contributed by atoms with Crippen LogP contribution in [-0.2, 0) is 9.59 Å². The molecule has 1 rings (SSSR count). The van der Waals surface area contributed by atoms with Crippen LogP contribution in [0.5, 0.6) is 0 Å². The van der Waals surface area contributed by atoms with Gasteiger partial charge in [0.2, 0.25) is 5.91 Å². The van der Waals surface area contributed by atoms with E-state index in [0.29, 0.717) is 19.5 Å². The minimum absolute atomic E-state index is 0.00910. The highest BCUT2D eigenvalue weighted by molar-refractivity contribution is 5.83. The van der Waals surface area contributed by atoms with Crippen LogP contribution >= 0.6 is 0 Å². The van der Waals surface area contributed by atoms with E-state index in [1.807, 2.05) is 6.92 Å². The maximum absolute atomic E-state index is 12.0. The standard InChI is InChI=1S/C12H22N2O3/c1-3-4-5-10(13)11(15)14-6-8(2)9(7-14)12(16)17/h8-10H,3-7,13H2,1-2H3,(H,16,17)/t8-,9-,10?/m1/s1. The van der Waals surface area contributed by atoms with Crippen molar-refractivity contribution in [3.8, 4) is 0 Å². The lowest BCUT2D eigenvalue weighted by atomic mass is 9.99. The minimum Gasteiger partial charge on any atom is -0.481 e. The lowest BCUT2D eigenvalue weighted by molar-refractivity contribution is -0.142. The Balaban J connectivity index is 2.52. The molecule has 0 aliphatic carbocycles. The van der Waals surface area contributed by atoms with E-state index < -0.39 is 17.9 Å². The number of unbranched alkanes of at least 4 members (excludes halogenated alkanes) is 1. The average molecular weight is 242 g/mol. The largest absolute Gasteiger partial charge is 0.481 e. The Labute approximate surface area is 102 Å². The molecule has 5 heteroatoms. The second-order valence-electron chi connectivity index (χ2n) is 4.91. The lowest BCUT2D eigenvalue weighted by Crippen LogP contribution is -2.43. The summed E-state index contributed by atoms with van der Waals surface area (Å²) in [5.74, 6) is -1.36. The molecule has 1 fully saturated rings. The van der Waals surface area contributed by atoms with Gasteiger partial charge in [-0.15, -0.1) is 0 Å². The van der Waals surface area contributed by atoms with Gasteiger partial charge in [0.15, 0.2) is 0 Å². The van der Waals surface area contributed by atoms with E-state index in [-0.39, 0.29) is 11.8 Å². The molecule has 1 amide bonds. The fourth-order valence-corrected chi connectivity index (χ4v) is 2.25. The maximum atomic E-state index is 12.0. The molecule has 17 heavy (non-hydrogen) atoms. The Morgan fingerprint density at radius 1 is 1.47 bits per heavy atom.